The summed E-state index contributed by atoms with van der Waals surface area (Å²) in [5.74, 6) is 1.27. The van der Waals surface area contributed by atoms with E-state index in [1.165, 1.54) is 5.69 Å². The van der Waals surface area contributed by atoms with E-state index in [0.29, 0.717) is 12.2 Å². The number of primary amides is 1. The van der Waals surface area contributed by atoms with Gasteiger partial charge in [0.1, 0.15) is 11.5 Å². The molecule has 0 aromatic heterocycles. The average molecular weight is 406 g/mol. The van der Waals surface area contributed by atoms with Gasteiger partial charge < -0.3 is 20.1 Å². The number of nitrogens with two attached hydrogens (primary N) is 1. The van der Waals surface area contributed by atoms with Crippen molar-refractivity contribution in [2.24, 2.45) is 5.73 Å². The summed E-state index contributed by atoms with van der Waals surface area (Å²) in [4.78, 5) is 15.9. The Morgan fingerprint density at radius 1 is 1.04 bits per heavy atom. The fourth-order valence-electron chi connectivity index (χ4n) is 3.30. The highest BCUT2D eigenvalue weighted by atomic mass is 35.5. The number of piperazine rings is 1. The second-order valence-electron chi connectivity index (χ2n) is 6.59. The molecule has 0 bridgehead atoms. The second-order valence-corrected chi connectivity index (χ2v) is 6.59. The number of hydrogen-bond acceptors (Lipinski definition) is 5. The Kier molecular flexibility index (Phi) is 8.42. The fraction of sp³-hybridized carbons (Fsp3) is 0.381. The van der Waals surface area contributed by atoms with Gasteiger partial charge in [-0.15, -0.1) is 12.4 Å². The number of methoxy groups -OCH3 is 1. The van der Waals surface area contributed by atoms with E-state index < -0.39 is 5.91 Å². The Balaban J connectivity index is 0.00000280. The van der Waals surface area contributed by atoms with Crippen molar-refractivity contribution < 1.29 is 14.3 Å². The fourth-order valence-corrected chi connectivity index (χ4v) is 3.30. The van der Waals surface area contributed by atoms with Crippen LogP contribution in [-0.2, 0) is 0 Å². The summed E-state index contributed by atoms with van der Waals surface area (Å²) in [7, 11) is 1.72. The first kappa shape index (κ1) is 21.9. The van der Waals surface area contributed by atoms with Gasteiger partial charge in [-0.2, -0.15) is 0 Å². The molecule has 6 nitrogen and oxygen atoms in total. The molecule has 1 saturated heterocycles. The number of nitrogens with zero attached hydrogens (tertiary/aromatic N) is 2. The van der Waals surface area contributed by atoms with Crippen LogP contribution in [0, 0.1) is 0 Å². The number of halogens is 1. The van der Waals surface area contributed by atoms with Crippen LogP contribution in [0.15, 0.2) is 48.5 Å². The largest absolute Gasteiger partial charge is 0.495 e. The lowest BCUT2D eigenvalue weighted by molar-refractivity contribution is 0.1000. The number of para-hydroxylation sites is 2. The minimum Gasteiger partial charge on any atom is -0.495 e. The number of benzene rings is 2. The van der Waals surface area contributed by atoms with Crippen LogP contribution in [0.25, 0.3) is 0 Å². The van der Waals surface area contributed by atoms with Gasteiger partial charge in [0.2, 0.25) is 5.91 Å². The molecule has 2 aromatic rings. The SMILES string of the molecule is COc1ccccc1N1CCN(CCCOc2ccc(C(N)=O)cc2)CC1.Cl. The molecule has 2 aromatic carbocycles. The molecular formula is C21H28ClN3O3. The van der Waals surface area contributed by atoms with Gasteiger partial charge in [0.15, 0.2) is 0 Å². The van der Waals surface area contributed by atoms with Gasteiger partial charge in [-0.05, 0) is 42.8 Å². The summed E-state index contributed by atoms with van der Waals surface area (Å²) in [6, 6.07) is 15.1. The van der Waals surface area contributed by atoms with Crippen LogP contribution < -0.4 is 20.1 Å². The number of hydrogen-bond donors (Lipinski definition) is 1. The van der Waals surface area contributed by atoms with Crippen LogP contribution in [0.3, 0.4) is 0 Å². The highest BCUT2D eigenvalue weighted by molar-refractivity contribution is 5.92. The van der Waals surface area contributed by atoms with Crippen LogP contribution in [-0.4, -0.2) is 57.2 Å². The molecule has 1 heterocycles. The van der Waals surface area contributed by atoms with Gasteiger partial charge in [0.25, 0.3) is 0 Å². The van der Waals surface area contributed by atoms with E-state index in [2.05, 4.69) is 21.9 Å². The number of carbonyl (C=O) groups is 1. The topological polar surface area (TPSA) is 68.0 Å². The highest BCUT2D eigenvalue weighted by Gasteiger charge is 2.19. The standard InChI is InChI=1S/C21H27N3O3.ClH/c1-26-20-6-3-2-5-19(20)24-14-12-23(13-15-24)11-4-16-27-18-9-7-17(8-10-18)21(22)25;/h2-3,5-10H,4,11-16H2,1H3,(H2,22,25);1H. The van der Waals surface area contributed by atoms with E-state index in [-0.39, 0.29) is 12.4 Å². The summed E-state index contributed by atoms with van der Waals surface area (Å²) in [5, 5.41) is 0. The lowest BCUT2D eigenvalue weighted by Crippen LogP contribution is -2.46. The third-order valence-electron chi connectivity index (χ3n) is 4.82. The van der Waals surface area contributed by atoms with Crippen LogP contribution in [0.4, 0.5) is 5.69 Å². The van der Waals surface area contributed by atoms with Gasteiger partial charge in [0.05, 0.1) is 19.4 Å². The quantitative estimate of drug-likeness (QED) is 0.684. The van der Waals surface area contributed by atoms with E-state index >= 15 is 0 Å². The lowest BCUT2D eigenvalue weighted by Gasteiger charge is -2.36. The number of anilines is 1. The highest BCUT2D eigenvalue weighted by Crippen LogP contribution is 2.28. The Hall–Kier alpha value is -2.44. The van der Waals surface area contributed by atoms with Crippen LogP contribution in [0.5, 0.6) is 11.5 Å². The zero-order chi connectivity index (χ0) is 19.1. The van der Waals surface area contributed by atoms with Crippen molar-refractivity contribution in [3.8, 4) is 11.5 Å². The van der Waals surface area contributed by atoms with E-state index in [1.54, 1.807) is 31.4 Å². The lowest BCUT2D eigenvalue weighted by atomic mass is 10.2. The molecule has 0 unspecified atom stereocenters. The van der Waals surface area contributed by atoms with E-state index in [4.69, 9.17) is 15.2 Å². The van der Waals surface area contributed by atoms with Gasteiger partial charge in [-0.3, -0.25) is 9.69 Å². The van der Waals surface area contributed by atoms with Crippen LogP contribution in [0.2, 0.25) is 0 Å². The molecule has 28 heavy (non-hydrogen) atoms. The maximum absolute atomic E-state index is 11.1. The van der Waals surface area contributed by atoms with Crippen molar-refractivity contribution in [2.45, 2.75) is 6.42 Å². The van der Waals surface area contributed by atoms with Crippen molar-refractivity contribution in [1.29, 1.82) is 0 Å². The molecular weight excluding hydrogens is 378 g/mol. The predicted octanol–water partition coefficient (Wildman–Crippen LogP) is 2.81. The minimum absolute atomic E-state index is 0. The minimum atomic E-state index is -0.422. The Labute approximate surface area is 172 Å². The van der Waals surface area contributed by atoms with E-state index in [0.717, 1.165) is 50.6 Å². The molecule has 1 aliphatic rings. The maximum atomic E-state index is 11.1. The van der Waals surface area contributed by atoms with Crippen LogP contribution in [0.1, 0.15) is 16.8 Å². The van der Waals surface area contributed by atoms with Gasteiger partial charge in [-0.1, -0.05) is 12.1 Å². The smallest absolute Gasteiger partial charge is 0.248 e. The number of rotatable bonds is 8. The normalized spacial score (nSPS) is 14.2. The molecule has 0 atom stereocenters. The number of ether oxygens (including phenoxy) is 2. The molecule has 1 aliphatic heterocycles. The predicted molar refractivity (Wildman–Crippen MR) is 114 cm³/mol. The molecule has 0 spiro atoms. The monoisotopic (exact) mass is 405 g/mol. The van der Waals surface area contributed by atoms with Gasteiger partial charge >= 0.3 is 0 Å². The summed E-state index contributed by atoms with van der Waals surface area (Å²) in [5.41, 5.74) is 6.90. The van der Waals surface area contributed by atoms with Crippen molar-refractivity contribution in [2.75, 3.05) is 51.3 Å². The van der Waals surface area contributed by atoms with E-state index in [9.17, 15) is 4.79 Å². The molecule has 3 rings (SSSR count). The van der Waals surface area contributed by atoms with Crippen molar-refractivity contribution in [3.05, 3.63) is 54.1 Å². The molecule has 7 heteroatoms. The summed E-state index contributed by atoms with van der Waals surface area (Å²) in [6.45, 7) is 5.73. The first-order chi connectivity index (χ1) is 13.2. The molecule has 2 N–H and O–H groups in total. The first-order valence-electron chi connectivity index (χ1n) is 9.30. The van der Waals surface area contributed by atoms with Crippen molar-refractivity contribution in [1.82, 2.24) is 4.90 Å². The average Bonchev–Trinajstić information content (AvgIpc) is 2.72. The van der Waals surface area contributed by atoms with Crippen LogP contribution >= 0.6 is 12.4 Å². The summed E-state index contributed by atoms with van der Waals surface area (Å²) >= 11 is 0. The second kappa shape index (κ2) is 10.8. The van der Waals surface area contributed by atoms with E-state index in [1.807, 2.05) is 12.1 Å². The summed E-state index contributed by atoms with van der Waals surface area (Å²) < 4.78 is 11.2. The zero-order valence-electron chi connectivity index (χ0n) is 16.2. The van der Waals surface area contributed by atoms with Gasteiger partial charge in [0, 0.05) is 38.3 Å². The Morgan fingerprint density at radius 3 is 2.36 bits per heavy atom. The summed E-state index contributed by atoms with van der Waals surface area (Å²) in [6.07, 6.45) is 0.965. The number of carbonyl (C=O) groups excluding carboxylic acids is 1. The zero-order valence-corrected chi connectivity index (χ0v) is 17.0. The Morgan fingerprint density at radius 2 is 1.71 bits per heavy atom. The molecule has 152 valence electrons. The third-order valence-corrected chi connectivity index (χ3v) is 4.82. The molecule has 0 aliphatic carbocycles. The van der Waals surface area contributed by atoms with Crippen molar-refractivity contribution >= 4 is 24.0 Å². The number of amides is 1. The maximum Gasteiger partial charge on any atom is 0.248 e. The first-order valence-corrected chi connectivity index (χ1v) is 9.30. The Bertz CT molecular complexity index is 747. The van der Waals surface area contributed by atoms with Gasteiger partial charge in [-0.25, -0.2) is 0 Å². The third kappa shape index (κ3) is 5.78. The molecule has 1 fully saturated rings. The molecule has 0 saturated carbocycles. The van der Waals surface area contributed by atoms with Crippen molar-refractivity contribution in [3.63, 3.8) is 0 Å². The molecule has 0 radical (unpaired) electrons. The molecule has 1 amide bonds.